The molecule has 0 saturated heterocycles. The van der Waals surface area contributed by atoms with Gasteiger partial charge in [-0.15, -0.1) is 0 Å². The number of amides is 1. The van der Waals surface area contributed by atoms with Crippen LogP contribution in [0.15, 0.2) is 68.4 Å². The number of benzene rings is 1. The molecule has 0 fully saturated rings. The van der Waals surface area contributed by atoms with Gasteiger partial charge in [0.25, 0.3) is 5.91 Å². The van der Waals surface area contributed by atoms with Crippen molar-refractivity contribution in [1.29, 1.82) is 0 Å². The van der Waals surface area contributed by atoms with Crippen LogP contribution in [0.25, 0.3) is 22.1 Å². The third-order valence-electron chi connectivity index (χ3n) is 3.66. The van der Waals surface area contributed by atoms with Gasteiger partial charge in [0.2, 0.25) is 5.43 Å². The summed E-state index contributed by atoms with van der Waals surface area (Å²) in [5, 5.41) is 3.40. The number of para-hydroxylation sites is 1. The number of nitrogens with one attached hydrogen (secondary N) is 1. The maximum atomic E-state index is 12.4. The highest BCUT2D eigenvalue weighted by Gasteiger charge is 2.17. The van der Waals surface area contributed by atoms with Gasteiger partial charge in [0, 0.05) is 12.3 Å². The summed E-state index contributed by atoms with van der Waals surface area (Å²) in [6, 6.07) is 13.7. The van der Waals surface area contributed by atoms with Gasteiger partial charge in [-0.25, -0.2) is 0 Å². The van der Waals surface area contributed by atoms with Gasteiger partial charge in [0.1, 0.15) is 11.0 Å². The van der Waals surface area contributed by atoms with Gasteiger partial charge in [-0.1, -0.05) is 18.2 Å². The second kappa shape index (κ2) is 5.66. The van der Waals surface area contributed by atoms with Crippen molar-refractivity contribution in [2.24, 2.45) is 0 Å². The lowest BCUT2D eigenvalue weighted by Crippen LogP contribution is -2.22. The number of hydrogen-bond donors (Lipinski definition) is 1. The van der Waals surface area contributed by atoms with Crippen LogP contribution in [-0.2, 0) is 6.54 Å². The molecule has 0 spiro atoms. The summed E-state index contributed by atoms with van der Waals surface area (Å²) in [5.41, 5.74) is 0.922. The number of nitrogens with zero attached hydrogens (tertiary/aromatic N) is 1. The molecule has 6 heteroatoms. The maximum Gasteiger partial charge on any atom is 0.302 e. The molecule has 6 nitrogen and oxygen atoms in total. The Hall–Kier alpha value is -3.41. The van der Waals surface area contributed by atoms with Crippen molar-refractivity contribution in [2.45, 2.75) is 6.54 Å². The highest BCUT2D eigenvalue weighted by molar-refractivity contribution is 5.97. The normalized spacial score (nSPS) is 11.0. The summed E-state index contributed by atoms with van der Waals surface area (Å²) in [7, 11) is 0. The molecule has 1 amide bonds. The van der Waals surface area contributed by atoms with Crippen molar-refractivity contribution in [3.05, 3.63) is 76.4 Å². The minimum atomic E-state index is -0.435. The number of carbonyl (C=O) groups is 1. The van der Waals surface area contributed by atoms with Gasteiger partial charge in [-0.2, -0.15) is 0 Å². The summed E-state index contributed by atoms with van der Waals surface area (Å²) in [6.07, 6.45) is 1.65. The lowest BCUT2D eigenvalue weighted by atomic mass is 10.2. The van der Waals surface area contributed by atoms with E-state index in [0.29, 0.717) is 11.0 Å². The molecule has 0 aliphatic heterocycles. The fourth-order valence-corrected chi connectivity index (χ4v) is 2.47. The quantitative estimate of drug-likeness (QED) is 0.627. The molecule has 1 aromatic carbocycles. The minimum Gasteiger partial charge on any atom is -0.425 e. The summed E-state index contributed by atoms with van der Waals surface area (Å²) < 4.78 is 11.0. The first-order chi connectivity index (χ1) is 11.7. The Morgan fingerprint density at radius 1 is 1.04 bits per heavy atom. The smallest absolute Gasteiger partial charge is 0.302 e. The molecule has 0 atom stereocenters. The zero-order valence-corrected chi connectivity index (χ0v) is 12.5. The Balaban J connectivity index is 1.67. The van der Waals surface area contributed by atoms with Crippen LogP contribution in [-0.4, -0.2) is 10.9 Å². The summed E-state index contributed by atoms with van der Waals surface area (Å²) in [4.78, 5) is 28.8. The Morgan fingerprint density at radius 2 is 1.88 bits per heavy atom. The Labute approximate surface area is 135 Å². The monoisotopic (exact) mass is 320 g/mol. The average Bonchev–Trinajstić information content (AvgIpc) is 3.05. The molecular weight excluding hydrogens is 308 g/mol. The first kappa shape index (κ1) is 14.2. The molecule has 4 aromatic rings. The fraction of sp³-hybridized carbons (Fsp3) is 0.0556. The van der Waals surface area contributed by atoms with Crippen LogP contribution >= 0.6 is 0 Å². The van der Waals surface area contributed by atoms with Gasteiger partial charge in [-0.05, 0) is 24.3 Å². The number of fused-ring (bicyclic) bond motifs is 2. The SMILES string of the molecule is O=C(NCc1ccccn1)c1cc2c(=O)c3ccccc3oc2o1. The third kappa shape index (κ3) is 2.44. The van der Waals surface area contributed by atoms with Gasteiger partial charge in [0.15, 0.2) is 5.76 Å². The third-order valence-corrected chi connectivity index (χ3v) is 3.66. The number of aromatic nitrogens is 1. The van der Waals surface area contributed by atoms with Crippen LogP contribution in [0.5, 0.6) is 0 Å². The molecule has 24 heavy (non-hydrogen) atoms. The molecule has 3 aromatic heterocycles. The average molecular weight is 320 g/mol. The number of pyridine rings is 1. The number of carbonyl (C=O) groups excluding carboxylic acids is 1. The first-order valence-corrected chi connectivity index (χ1v) is 7.36. The highest BCUT2D eigenvalue weighted by atomic mass is 16.5. The van der Waals surface area contributed by atoms with E-state index in [9.17, 15) is 9.59 Å². The van der Waals surface area contributed by atoms with Crippen molar-refractivity contribution in [1.82, 2.24) is 10.3 Å². The van der Waals surface area contributed by atoms with E-state index in [1.807, 2.05) is 6.07 Å². The highest BCUT2D eigenvalue weighted by Crippen LogP contribution is 2.21. The molecule has 0 aliphatic carbocycles. The molecule has 118 valence electrons. The van der Waals surface area contributed by atoms with Crippen LogP contribution in [0.2, 0.25) is 0 Å². The van der Waals surface area contributed by atoms with Crippen molar-refractivity contribution in [2.75, 3.05) is 0 Å². The van der Waals surface area contributed by atoms with Gasteiger partial charge >= 0.3 is 5.78 Å². The van der Waals surface area contributed by atoms with Crippen LogP contribution in [0, 0.1) is 0 Å². The minimum absolute atomic E-state index is 0.0251. The Kier molecular flexibility index (Phi) is 3.35. The van der Waals surface area contributed by atoms with E-state index < -0.39 is 5.91 Å². The number of rotatable bonds is 3. The summed E-state index contributed by atoms with van der Waals surface area (Å²) in [6.45, 7) is 0.264. The van der Waals surface area contributed by atoms with Gasteiger partial charge in [0.05, 0.1) is 17.6 Å². The first-order valence-electron chi connectivity index (χ1n) is 7.36. The molecule has 1 N–H and O–H groups in total. The van der Waals surface area contributed by atoms with Crippen molar-refractivity contribution < 1.29 is 13.6 Å². The molecular formula is C18H12N2O4. The molecule has 0 unspecified atom stereocenters. The van der Waals surface area contributed by atoms with Crippen LogP contribution < -0.4 is 10.7 Å². The van der Waals surface area contributed by atoms with E-state index in [0.717, 1.165) is 5.69 Å². The summed E-state index contributed by atoms with van der Waals surface area (Å²) in [5.74, 6) is -0.366. The predicted octanol–water partition coefficient (Wildman–Crippen LogP) is 2.86. The zero-order valence-electron chi connectivity index (χ0n) is 12.5. The molecule has 0 saturated carbocycles. The predicted molar refractivity (Wildman–Crippen MR) is 87.7 cm³/mol. The number of hydrogen-bond acceptors (Lipinski definition) is 5. The van der Waals surface area contributed by atoms with Crippen LogP contribution in [0.4, 0.5) is 0 Å². The fourth-order valence-electron chi connectivity index (χ4n) is 2.47. The van der Waals surface area contributed by atoms with E-state index in [4.69, 9.17) is 8.83 Å². The Morgan fingerprint density at radius 3 is 2.71 bits per heavy atom. The van der Waals surface area contributed by atoms with Crippen LogP contribution in [0.3, 0.4) is 0 Å². The second-order valence-corrected chi connectivity index (χ2v) is 5.24. The standard InChI is InChI=1S/C18H12N2O4/c21-16-12-6-1-2-7-14(12)23-18-13(16)9-15(24-18)17(22)20-10-11-5-3-4-8-19-11/h1-9H,10H2,(H,20,22). The van der Waals surface area contributed by atoms with Gasteiger partial charge < -0.3 is 14.2 Å². The molecule has 4 rings (SSSR count). The van der Waals surface area contributed by atoms with Crippen molar-refractivity contribution in [3.8, 4) is 0 Å². The van der Waals surface area contributed by atoms with E-state index in [1.165, 1.54) is 6.07 Å². The zero-order chi connectivity index (χ0) is 16.5. The molecule has 0 bridgehead atoms. The summed E-state index contributed by atoms with van der Waals surface area (Å²) >= 11 is 0. The van der Waals surface area contributed by atoms with Crippen molar-refractivity contribution >= 4 is 28.0 Å². The molecule has 0 aliphatic rings. The van der Waals surface area contributed by atoms with E-state index in [-0.39, 0.29) is 28.9 Å². The van der Waals surface area contributed by atoms with Crippen molar-refractivity contribution in [3.63, 3.8) is 0 Å². The Bertz CT molecular complexity index is 1100. The number of furan rings is 1. The molecule has 0 radical (unpaired) electrons. The van der Waals surface area contributed by atoms with Gasteiger partial charge in [-0.3, -0.25) is 14.6 Å². The topological polar surface area (TPSA) is 85.3 Å². The largest absolute Gasteiger partial charge is 0.425 e. The molecule has 3 heterocycles. The lowest BCUT2D eigenvalue weighted by molar-refractivity contribution is 0.0923. The van der Waals surface area contributed by atoms with E-state index in [2.05, 4.69) is 10.3 Å². The van der Waals surface area contributed by atoms with E-state index >= 15 is 0 Å². The lowest BCUT2D eigenvalue weighted by Gasteiger charge is -2.01. The van der Waals surface area contributed by atoms with E-state index in [1.54, 1.807) is 42.6 Å². The maximum absolute atomic E-state index is 12.4. The second-order valence-electron chi connectivity index (χ2n) is 5.24. The van der Waals surface area contributed by atoms with Crippen LogP contribution in [0.1, 0.15) is 16.2 Å².